The molecule has 1 unspecified atom stereocenters. The third-order valence-corrected chi connectivity index (χ3v) is 7.94. The number of unbranched alkanes of at least 4 members (excludes halogenated alkanes) is 2. The molecule has 0 fully saturated rings. The Morgan fingerprint density at radius 1 is 0.444 bits per heavy atom. The lowest BCUT2D eigenvalue weighted by atomic mass is 10.1. The first kappa shape index (κ1) is 49.6. The van der Waals surface area contributed by atoms with Gasteiger partial charge in [-0.3, -0.25) is 9.59 Å². The van der Waals surface area contributed by atoms with E-state index in [1.165, 1.54) is 0 Å². The zero-order valence-electron chi connectivity index (χ0n) is 33.6. The second-order valence-electron chi connectivity index (χ2n) is 12.9. The van der Waals surface area contributed by atoms with Gasteiger partial charge in [-0.15, -0.1) is 0 Å². The molecule has 0 aliphatic heterocycles. The Hall–Kier alpha value is -4.45. The largest absolute Gasteiger partial charge is 0.480 e. The number of hydrogen-bond donors (Lipinski definition) is 3. The highest BCUT2D eigenvalue weighted by Gasteiger charge is 2.19. The van der Waals surface area contributed by atoms with Crippen LogP contribution in [0.1, 0.15) is 136 Å². The summed E-state index contributed by atoms with van der Waals surface area (Å²) in [4.78, 5) is 36.1. The van der Waals surface area contributed by atoms with Crippen LogP contribution in [0.4, 0.5) is 0 Å². The summed E-state index contributed by atoms with van der Waals surface area (Å²) in [6.07, 6.45) is 62.5. The Labute approximate surface area is 329 Å². The molecule has 0 aliphatic carbocycles. The number of carboxylic acids is 1. The van der Waals surface area contributed by atoms with E-state index in [0.717, 1.165) is 77.0 Å². The fourth-order valence-electron chi connectivity index (χ4n) is 4.92. The molecular weight excluding hydrogens is 669 g/mol. The molecule has 0 radical (unpaired) electrons. The van der Waals surface area contributed by atoms with Crippen LogP contribution in [-0.2, 0) is 14.4 Å². The maximum absolute atomic E-state index is 12.3. The first-order valence-corrected chi connectivity index (χ1v) is 20.4. The zero-order chi connectivity index (χ0) is 39.4. The SMILES string of the molecule is CCC=CCC=CCC=CCC=CCC=CCC=CCCC(=O)NCCCCC(NC(=O)CCCC=CCC=CCC=CCC=CCC=CCC)C(=O)O. The van der Waals surface area contributed by atoms with Gasteiger partial charge in [0.2, 0.25) is 11.8 Å². The Bertz CT molecular complexity index is 1270. The number of aliphatic carboxylic acids is 1. The third-order valence-electron chi connectivity index (χ3n) is 7.94. The monoisotopic (exact) mass is 741 g/mol. The standard InChI is InChI=1S/C48H72N2O4/c1-3-5-7-9-11-13-15-17-19-21-22-24-25-27-29-31-33-35-37-42-46(51)49-44-40-39-41-45(48(53)54)50-47(52)43-38-36-34-32-30-28-26-23-20-18-16-14-12-10-8-6-4-2/h5-8,11-14,17-20,22,24,26-29,32-35,45H,3-4,9-10,15-16,21,23,25,30-31,36-44H2,1-2H3,(H,49,51)(H,50,52)(H,53,54). The molecule has 0 rings (SSSR count). The van der Waals surface area contributed by atoms with Crippen LogP contribution in [-0.4, -0.2) is 35.5 Å². The average molecular weight is 741 g/mol. The first-order chi connectivity index (χ1) is 26.5. The van der Waals surface area contributed by atoms with Crippen molar-refractivity contribution in [1.82, 2.24) is 10.6 Å². The van der Waals surface area contributed by atoms with Gasteiger partial charge in [-0.1, -0.05) is 148 Å². The molecule has 0 heterocycles. The number of hydrogen-bond acceptors (Lipinski definition) is 3. The van der Waals surface area contributed by atoms with Crippen LogP contribution in [0.15, 0.2) is 134 Å². The highest BCUT2D eigenvalue weighted by atomic mass is 16.4. The van der Waals surface area contributed by atoms with E-state index in [1.54, 1.807) is 0 Å². The summed E-state index contributed by atoms with van der Waals surface area (Å²) in [7, 11) is 0. The number of carbonyl (C=O) groups is 3. The number of nitrogens with one attached hydrogen (secondary N) is 2. The summed E-state index contributed by atoms with van der Waals surface area (Å²) >= 11 is 0. The molecule has 0 saturated carbocycles. The number of amides is 2. The molecule has 6 heteroatoms. The van der Waals surface area contributed by atoms with E-state index in [0.29, 0.717) is 51.5 Å². The van der Waals surface area contributed by atoms with Crippen molar-refractivity contribution in [2.75, 3.05) is 6.54 Å². The fourth-order valence-corrected chi connectivity index (χ4v) is 4.92. The molecule has 0 aromatic heterocycles. The van der Waals surface area contributed by atoms with Crippen molar-refractivity contribution >= 4 is 17.8 Å². The van der Waals surface area contributed by atoms with Gasteiger partial charge in [0, 0.05) is 19.4 Å². The minimum Gasteiger partial charge on any atom is -0.480 e. The normalized spacial score (nSPS) is 13.5. The smallest absolute Gasteiger partial charge is 0.326 e. The molecule has 3 N–H and O–H groups in total. The van der Waals surface area contributed by atoms with E-state index < -0.39 is 12.0 Å². The van der Waals surface area contributed by atoms with E-state index in [4.69, 9.17) is 0 Å². The van der Waals surface area contributed by atoms with Gasteiger partial charge in [0.25, 0.3) is 0 Å². The molecule has 298 valence electrons. The van der Waals surface area contributed by atoms with Crippen LogP contribution in [0.3, 0.4) is 0 Å². The van der Waals surface area contributed by atoms with Gasteiger partial charge < -0.3 is 15.7 Å². The molecule has 54 heavy (non-hydrogen) atoms. The fraction of sp³-hybridized carbons (Fsp3) is 0.479. The lowest BCUT2D eigenvalue weighted by molar-refractivity contribution is -0.142. The van der Waals surface area contributed by atoms with Crippen LogP contribution < -0.4 is 10.6 Å². The molecule has 0 aromatic carbocycles. The topological polar surface area (TPSA) is 95.5 Å². The highest BCUT2D eigenvalue weighted by molar-refractivity contribution is 5.83. The molecule has 0 spiro atoms. The van der Waals surface area contributed by atoms with Gasteiger partial charge in [0.05, 0.1) is 0 Å². The van der Waals surface area contributed by atoms with Crippen molar-refractivity contribution in [2.45, 2.75) is 142 Å². The summed E-state index contributed by atoms with van der Waals surface area (Å²) in [5.74, 6) is -1.27. The predicted octanol–water partition coefficient (Wildman–Crippen LogP) is 12.2. The number of carbonyl (C=O) groups excluding carboxylic acids is 2. The van der Waals surface area contributed by atoms with Gasteiger partial charge in [-0.25, -0.2) is 4.79 Å². The summed E-state index contributed by atoms with van der Waals surface area (Å²) in [5, 5.41) is 15.1. The molecule has 0 aromatic rings. The van der Waals surface area contributed by atoms with Gasteiger partial charge in [-0.2, -0.15) is 0 Å². The van der Waals surface area contributed by atoms with Crippen molar-refractivity contribution in [2.24, 2.45) is 0 Å². The molecule has 2 amide bonds. The third kappa shape index (κ3) is 38.8. The van der Waals surface area contributed by atoms with Crippen LogP contribution in [0.5, 0.6) is 0 Å². The molecule has 6 nitrogen and oxygen atoms in total. The van der Waals surface area contributed by atoms with Crippen molar-refractivity contribution in [1.29, 1.82) is 0 Å². The van der Waals surface area contributed by atoms with E-state index in [-0.39, 0.29) is 11.8 Å². The number of rotatable bonds is 34. The summed E-state index contributed by atoms with van der Waals surface area (Å²) < 4.78 is 0. The summed E-state index contributed by atoms with van der Waals surface area (Å²) in [6.45, 7) is 4.78. The first-order valence-electron chi connectivity index (χ1n) is 20.4. The van der Waals surface area contributed by atoms with Crippen LogP contribution >= 0.6 is 0 Å². The minimum atomic E-state index is -1.03. The molecule has 1 atom stereocenters. The van der Waals surface area contributed by atoms with E-state index in [1.807, 2.05) is 6.08 Å². The van der Waals surface area contributed by atoms with Crippen LogP contribution in [0, 0.1) is 0 Å². The molecule has 0 saturated heterocycles. The molecular formula is C48H72N2O4. The Balaban J connectivity index is 3.88. The average Bonchev–Trinajstić information content (AvgIpc) is 3.16. The Kier molecular flexibility index (Phi) is 37.9. The molecule has 0 bridgehead atoms. The van der Waals surface area contributed by atoms with Gasteiger partial charge in [0.15, 0.2) is 0 Å². The lowest BCUT2D eigenvalue weighted by Crippen LogP contribution is -2.40. The number of carboxylic acid groups (broad SMARTS) is 1. The summed E-state index contributed by atoms with van der Waals surface area (Å²) in [6, 6.07) is -0.907. The Morgan fingerprint density at radius 2 is 0.815 bits per heavy atom. The van der Waals surface area contributed by atoms with Crippen molar-refractivity contribution in [3.8, 4) is 0 Å². The maximum Gasteiger partial charge on any atom is 0.326 e. The minimum absolute atomic E-state index is 0.00914. The Morgan fingerprint density at radius 3 is 1.20 bits per heavy atom. The van der Waals surface area contributed by atoms with Crippen LogP contribution in [0.25, 0.3) is 0 Å². The zero-order valence-corrected chi connectivity index (χ0v) is 33.6. The van der Waals surface area contributed by atoms with Crippen molar-refractivity contribution < 1.29 is 19.5 Å². The van der Waals surface area contributed by atoms with Gasteiger partial charge in [-0.05, 0) is 109 Å². The van der Waals surface area contributed by atoms with E-state index in [2.05, 4.69) is 152 Å². The van der Waals surface area contributed by atoms with Crippen molar-refractivity contribution in [3.05, 3.63) is 134 Å². The second kappa shape index (κ2) is 41.3. The van der Waals surface area contributed by atoms with Gasteiger partial charge in [0.1, 0.15) is 6.04 Å². The van der Waals surface area contributed by atoms with E-state index >= 15 is 0 Å². The maximum atomic E-state index is 12.3. The van der Waals surface area contributed by atoms with Crippen LogP contribution in [0.2, 0.25) is 0 Å². The predicted molar refractivity (Wildman–Crippen MR) is 232 cm³/mol. The van der Waals surface area contributed by atoms with Gasteiger partial charge >= 0.3 is 5.97 Å². The summed E-state index contributed by atoms with van der Waals surface area (Å²) in [5.41, 5.74) is 0. The second-order valence-corrected chi connectivity index (χ2v) is 12.9. The lowest BCUT2D eigenvalue weighted by Gasteiger charge is -2.14. The van der Waals surface area contributed by atoms with E-state index in [9.17, 15) is 19.5 Å². The quantitative estimate of drug-likeness (QED) is 0.0452. The highest BCUT2D eigenvalue weighted by Crippen LogP contribution is 2.05. The molecule has 0 aliphatic rings. The number of allylic oxidation sites excluding steroid dienone is 22. The van der Waals surface area contributed by atoms with Crippen molar-refractivity contribution in [3.63, 3.8) is 0 Å².